The van der Waals surface area contributed by atoms with Gasteiger partial charge in [-0.3, -0.25) is 4.99 Å². The van der Waals surface area contributed by atoms with Gasteiger partial charge in [-0.05, 0) is 52.0 Å². The summed E-state index contributed by atoms with van der Waals surface area (Å²) in [5.74, 6) is 1.31. The summed E-state index contributed by atoms with van der Waals surface area (Å²) in [6.07, 6.45) is 2.81. The first-order chi connectivity index (χ1) is 15.8. The minimum atomic E-state index is -2.64. The van der Waals surface area contributed by atoms with Crippen molar-refractivity contribution >= 4 is 30.6 Å². The molecule has 174 valence electrons. The van der Waals surface area contributed by atoms with E-state index in [1.807, 2.05) is 30.5 Å². The van der Waals surface area contributed by atoms with Crippen LogP contribution in [0.4, 0.5) is 5.69 Å². The van der Waals surface area contributed by atoms with Gasteiger partial charge in [-0.15, -0.1) is 0 Å². The summed E-state index contributed by atoms with van der Waals surface area (Å²) < 4.78 is 12.6. The molecule has 0 N–H and O–H groups in total. The molecule has 0 saturated carbocycles. The number of methoxy groups -OCH3 is 1. The quantitative estimate of drug-likeness (QED) is 0.274. The summed E-state index contributed by atoms with van der Waals surface area (Å²) in [6.45, 7) is 11.4. The predicted octanol–water partition coefficient (Wildman–Crippen LogP) is 6.39. The zero-order valence-electron chi connectivity index (χ0n) is 20.8. The summed E-state index contributed by atoms with van der Waals surface area (Å²) >= 11 is 0. The van der Waals surface area contributed by atoms with Gasteiger partial charge >= 0.3 is 0 Å². The van der Waals surface area contributed by atoms with Crippen LogP contribution in [0.15, 0.2) is 89.9 Å². The molecular weight excluding hydrogens is 422 g/mol. The molecule has 4 heteroatoms. The summed E-state index contributed by atoms with van der Waals surface area (Å²) in [6, 6.07) is 29.4. The molecule has 0 unspecified atom stereocenters. The molecule has 0 amide bonds. The van der Waals surface area contributed by atoms with Crippen molar-refractivity contribution in [2.45, 2.75) is 52.2 Å². The molecule has 3 aromatic rings. The molecule has 0 aliphatic rings. The Kier molecular flexibility index (Phi) is 8.28. The minimum Gasteiger partial charge on any atom is -0.497 e. The number of hydrogen-bond acceptors (Lipinski definition) is 3. The van der Waals surface area contributed by atoms with E-state index in [4.69, 9.17) is 14.2 Å². The lowest BCUT2D eigenvalue weighted by molar-refractivity contribution is 0.226. The van der Waals surface area contributed by atoms with E-state index in [9.17, 15) is 0 Å². The fourth-order valence-electron chi connectivity index (χ4n) is 4.36. The molecular formula is C29H37NO2Si. The van der Waals surface area contributed by atoms with Gasteiger partial charge in [0.1, 0.15) is 5.75 Å². The molecule has 0 saturated heterocycles. The highest BCUT2D eigenvalue weighted by atomic mass is 28.4. The third-order valence-corrected chi connectivity index (χ3v) is 11.0. The Morgan fingerprint density at radius 1 is 0.818 bits per heavy atom. The van der Waals surface area contributed by atoms with E-state index < -0.39 is 8.32 Å². The molecule has 0 aromatic heterocycles. The van der Waals surface area contributed by atoms with Crippen molar-refractivity contribution in [3.05, 3.63) is 84.9 Å². The molecule has 0 radical (unpaired) electrons. The van der Waals surface area contributed by atoms with Crippen LogP contribution < -0.4 is 15.1 Å². The van der Waals surface area contributed by atoms with E-state index in [0.717, 1.165) is 17.9 Å². The Labute approximate surface area is 200 Å². The van der Waals surface area contributed by atoms with E-state index >= 15 is 0 Å². The summed E-state index contributed by atoms with van der Waals surface area (Å²) in [7, 11) is -0.968. The van der Waals surface area contributed by atoms with Crippen molar-refractivity contribution in [3.63, 3.8) is 0 Å². The number of ether oxygens (including phenoxy) is 1. The molecule has 3 aromatic carbocycles. The maximum absolute atomic E-state index is 7.32. The van der Waals surface area contributed by atoms with E-state index in [1.54, 1.807) is 7.11 Å². The fraction of sp³-hybridized carbons (Fsp3) is 0.345. The number of rotatable bonds is 9. The van der Waals surface area contributed by atoms with Crippen LogP contribution in [0.25, 0.3) is 0 Å². The van der Waals surface area contributed by atoms with Crippen LogP contribution >= 0.6 is 0 Å². The van der Waals surface area contributed by atoms with Crippen LogP contribution in [0, 0.1) is 5.92 Å². The van der Waals surface area contributed by atoms with Gasteiger partial charge in [0.25, 0.3) is 8.32 Å². The average Bonchev–Trinajstić information content (AvgIpc) is 2.81. The van der Waals surface area contributed by atoms with E-state index in [0.29, 0.717) is 5.92 Å². The summed E-state index contributed by atoms with van der Waals surface area (Å²) in [5, 5.41) is 2.50. The maximum Gasteiger partial charge on any atom is 0.261 e. The second kappa shape index (κ2) is 11.0. The fourth-order valence-corrected chi connectivity index (χ4v) is 8.99. The van der Waals surface area contributed by atoms with Crippen LogP contribution in [0.5, 0.6) is 5.75 Å². The second-order valence-corrected chi connectivity index (χ2v) is 14.2. The molecule has 0 bridgehead atoms. The summed E-state index contributed by atoms with van der Waals surface area (Å²) in [4.78, 5) is 4.81. The van der Waals surface area contributed by atoms with E-state index in [-0.39, 0.29) is 11.1 Å². The Hall–Kier alpha value is -2.69. The minimum absolute atomic E-state index is 0.0705. The van der Waals surface area contributed by atoms with Gasteiger partial charge in [-0.1, -0.05) is 95.3 Å². The van der Waals surface area contributed by atoms with E-state index in [2.05, 4.69) is 95.3 Å². The van der Waals surface area contributed by atoms with Gasteiger partial charge in [-0.2, -0.15) is 0 Å². The zero-order valence-corrected chi connectivity index (χ0v) is 21.8. The normalized spacial score (nSPS) is 13.4. The van der Waals surface area contributed by atoms with Gasteiger partial charge in [-0.25, -0.2) is 0 Å². The molecule has 3 rings (SSSR count). The van der Waals surface area contributed by atoms with Crippen LogP contribution in [-0.4, -0.2) is 27.7 Å². The zero-order chi connectivity index (χ0) is 23.9. The first kappa shape index (κ1) is 24.9. The first-order valence-corrected chi connectivity index (χ1v) is 13.6. The number of hydrogen-bond donors (Lipinski definition) is 0. The Balaban J connectivity index is 2.08. The van der Waals surface area contributed by atoms with Gasteiger partial charge < -0.3 is 9.16 Å². The SMILES string of the molecule is COc1ccc(N=C[C@H](CC(C)C)O[Si](c2ccccc2)(c2ccccc2)C(C)(C)C)cc1. The molecule has 0 aliphatic carbocycles. The van der Waals surface area contributed by atoms with Crippen LogP contribution in [0.1, 0.15) is 41.0 Å². The maximum atomic E-state index is 7.32. The molecule has 0 spiro atoms. The highest BCUT2D eigenvalue weighted by Crippen LogP contribution is 2.38. The molecule has 0 fully saturated rings. The molecule has 33 heavy (non-hydrogen) atoms. The smallest absolute Gasteiger partial charge is 0.261 e. The van der Waals surface area contributed by atoms with Crippen LogP contribution in [-0.2, 0) is 4.43 Å². The van der Waals surface area contributed by atoms with Crippen molar-refractivity contribution in [1.29, 1.82) is 0 Å². The van der Waals surface area contributed by atoms with Gasteiger partial charge in [0.15, 0.2) is 0 Å². The largest absolute Gasteiger partial charge is 0.497 e. The first-order valence-electron chi connectivity index (χ1n) is 11.7. The van der Waals surface area contributed by atoms with Crippen LogP contribution in [0.2, 0.25) is 5.04 Å². The van der Waals surface area contributed by atoms with E-state index in [1.165, 1.54) is 10.4 Å². The number of nitrogens with zero attached hydrogens (tertiary/aromatic N) is 1. The Bertz CT molecular complexity index is 969. The highest BCUT2D eigenvalue weighted by Gasteiger charge is 2.51. The molecule has 3 nitrogen and oxygen atoms in total. The van der Waals surface area contributed by atoms with Crippen molar-refractivity contribution in [2.24, 2.45) is 10.9 Å². The molecule has 0 aliphatic heterocycles. The Morgan fingerprint density at radius 3 is 1.76 bits per heavy atom. The lowest BCUT2D eigenvalue weighted by atomic mass is 10.1. The lowest BCUT2D eigenvalue weighted by Gasteiger charge is -2.44. The van der Waals surface area contributed by atoms with Crippen molar-refractivity contribution in [2.75, 3.05) is 7.11 Å². The number of benzene rings is 3. The molecule has 0 heterocycles. The van der Waals surface area contributed by atoms with Gasteiger partial charge in [0, 0.05) is 6.21 Å². The van der Waals surface area contributed by atoms with Crippen LogP contribution in [0.3, 0.4) is 0 Å². The van der Waals surface area contributed by atoms with Crippen molar-refractivity contribution in [1.82, 2.24) is 0 Å². The van der Waals surface area contributed by atoms with Gasteiger partial charge in [0.05, 0.1) is 18.9 Å². The highest BCUT2D eigenvalue weighted by molar-refractivity contribution is 6.99. The lowest BCUT2D eigenvalue weighted by Crippen LogP contribution is -2.67. The average molecular weight is 460 g/mol. The third-order valence-electron chi connectivity index (χ3n) is 5.91. The standard InChI is InChI=1S/C29H37NO2Si/c1-23(2)21-26(22-30-24-17-19-25(31-6)20-18-24)32-33(29(3,4)5,27-13-9-7-10-14-27)28-15-11-8-12-16-28/h7-20,22-23,26H,21H2,1-6H3/t26-/m0/s1. The Morgan fingerprint density at radius 2 is 1.33 bits per heavy atom. The second-order valence-electron chi connectivity index (χ2n) is 9.93. The predicted molar refractivity (Wildman–Crippen MR) is 143 cm³/mol. The number of aliphatic imine (C=N–C) groups is 1. The topological polar surface area (TPSA) is 30.8 Å². The third kappa shape index (κ3) is 6.01. The van der Waals surface area contributed by atoms with Crippen molar-refractivity contribution in [3.8, 4) is 5.75 Å². The monoisotopic (exact) mass is 459 g/mol. The molecule has 1 atom stereocenters. The van der Waals surface area contributed by atoms with Crippen molar-refractivity contribution < 1.29 is 9.16 Å². The van der Waals surface area contributed by atoms with Gasteiger partial charge in [0.2, 0.25) is 0 Å². The summed E-state index contributed by atoms with van der Waals surface area (Å²) in [5.41, 5.74) is 0.899.